The molecule has 3 heterocycles. The number of amides is 6. The monoisotopic (exact) mass is 1090 g/mol. The minimum Gasteiger partial charge on any atom is -0.497 e. The van der Waals surface area contributed by atoms with E-state index in [4.69, 9.17) is 30.4 Å². The molecule has 3 aromatic carbocycles. The molecule has 0 spiro atoms. The molecular weight excluding hydrogens is 1030 g/mol. The van der Waals surface area contributed by atoms with Crippen molar-refractivity contribution in [3.63, 3.8) is 0 Å². The fourth-order valence-electron chi connectivity index (χ4n) is 8.26. The Labute approximate surface area is 462 Å². The highest BCUT2D eigenvalue weighted by atomic mass is 16.5. The first-order chi connectivity index (χ1) is 38.6. The van der Waals surface area contributed by atoms with E-state index in [9.17, 15) is 38.4 Å². The maximum absolute atomic E-state index is 14.0. The molecule has 6 amide bonds. The highest BCUT2D eigenvalue weighted by molar-refractivity contribution is 5.98. The van der Waals surface area contributed by atoms with Gasteiger partial charge in [0.25, 0.3) is 11.8 Å². The van der Waals surface area contributed by atoms with Crippen molar-refractivity contribution >= 4 is 47.4 Å². The van der Waals surface area contributed by atoms with Gasteiger partial charge in [-0.2, -0.15) is 0 Å². The molecule has 21 nitrogen and oxygen atoms in total. The molecule has 0 fully saturated rings. The van der Waals surface area contributed by atoms with E-state index in [2.05, 4.69) is 36.2 Å². The zero-order valence-electron chi connectivity index (χ0n) is 44.5. The summed E-state index contributed by atoms with van der Waals surface area (Å²) in [5.41, 5.74) is 15.7. The molecule has 0 aliphatic heterocycles. The van der Waals surface area contributed by atoms with Gasteiger partial charge in [-0.05, 0) is 85.0 Å². The number of nitrogens with zero attached hydrogens (tertiary/aromatic N) is 1. The number of methoxy groups -OCH3 is 2. The number of carbonyl (C=O) groups excluding carboxylic acids is 8. The van der Waals surface area contributed by atoms with Crippen LogP contribution < -0.4 is 42.2 Å². The van der Waals surface area contributed by atoms with Crippen LogP contribution in [0.5, 0.6) is 11.5 Å². The van der Waals surface area contributed by atoms with Gasteiger partial charge in [0.1, 0.15) is 35.0 Å². The number of rotatable bonds is 30. The minimum absolute atomic E-state index is 0.0428. The first kappa shape index (κ1) is 59.5. The molecule has 0 aliphatic carbocycles. The van der Waals surface area contributed by atoms with Crippen LogP contribution in [0.2, 0.25) is 0 Å². The zero-order valence-corrected chi connectivity index (χ0v) is 44.5. The number of hydrogen-bond acceptors (Lipinski definition) is 13. The van der Waals surface area contributed by atoms with Crippen molar-refractivity contribution in [1.29, 1.82) is 0 Å². The fourth-order valence-corrected chi connectivity index (χ4v) is 8.26. The Kier molecular flexibility index (Phi) is 22.5. The number of benzene rings is 3. The van der Waals surface area contributed by atoms with Crippen LogP contribution in [0.4, 0.5) is 0 Å². The Balaban J connectivity index is 1.07. The second kappa shape index (κ2) is 30.2. The number of aromatic amines is 2. The highest BCUT2D eigenvalue weighted by Gasteiger charge is 2.27. The molecule has 418 valence electrons. The van der Waals surface area contributed by atoms with Crippen LogP contribution in [-0.4, -0.2) is 114 Å². The van der Waals surface area contributed by atoms with Gasteiger partial charge in [-0.15, -0.1) is 0 Å². The van der Waals surface area contributed by atoms with Crippen molar-refractivity contribution in [3.8, 4) is 34.0 Å². The molecule has 0 aliphatic rings. The van der Waals surface area contributed by atoms with Crippen LogP contribution in [0.15, 0.2) is 146 Å². The van der Waals surface area contributed by atoms with Gasteiger partial charge < -0.3 is 61.6 Å². The van der Waals surface area contributed by atoms with Crippen LogP contribution in [0, 0.1) is 0 Å². The molecule has 0 saturated carbocycles. The molecule has 0 unspecified atom stereocenters. The van der Waals surface area contributed by atoms with E-state index in [1.165, 1.54) is 19.3 Å². The summed E-state index contributed by atoms with van der Waals surface area (Å²) in [5.74, 6) is -3.75. The van der Waals surface area contributed by atoms with Crippen molar-refractivity contribution in [2.75, 3.05) is 27.4 Å². The van der Waals surface area contributed by atoms with E-state index >= 15 is 0 Å². The lowest BCUT2D eigenvalue weighted by atomic mass is 10.0. The van der Waals surface area contributed by atoms with Crippen molar-refractivity contribution < 1.29 is 57.3 Å². The summed E-state index contributed by atoms with van der Waals surface area (Å²) in [4.78, 5) is 114. The normalized spacial score (nSPS) is 12.6. The lowest BCUT2D eigenvalue weighted by molar-refractivity contribution is -0.138. The minimum atomic E-state index is -1.09. The third kappa shape index (κ3) is 18.7. The second-order valence-electron chi connectivity index (χ2n) is 18.3. The number of nitrogens with two attached hydrogens (primary N) is 2. The lowest BCUT2D eigenvalue weighted by Gasteiger charge is -2.22. The molecule has 0 radical (unpaired) electrons. The molecule has 4 atom stereocenters. The fraction of sp³-hybridized carbons (Fsp3) is 0.271. The van der Waals surface area contributed by atoms with Crippen LogP contribution in [0.3, 0.4) is 0 Å². The van der Waals surface area contributed by atoms with E-state index in [1.807, 2.05) is 48.5 Å². The number of esters is 2. The van der Waals surface area contributed by atoms with E-state index < -0.39 is 71.5 Å². The summed E-state index contributed by atoms with van der Waals surface area (Å²) in [6.45, 7) is 1.74. The molecule has 0 bridgehead atoms. The summed E-state index contributed by atoms with van der Waals surface area (Å²) >= 11 is 0. The molecule has 0 saturated heterocycles. The number of H-pyrrole nitrogens is 2. The van der Waals surface area contributed by atoms with Crippen LogP contribution in [-0.2, 0) is 57.5 Å². The molecule has 3 aromatic heterocycles. The molecule has 6 rings (SSSR count). The predicted molar refractivity (Wildman–Crippen MR) is 296 cm³/mol. The summed E-state index contributed by atoms with van der Waals surface area (Å²) in [6.07, 6.45) is 8.71. The SMILES string of the molecule is CCOC(=O)/C=C/[C@H](CCC(N)=O)NC(=O)[C@H](Cc1ccccc1)NC(=O)c1ccc(-c2cncc(CCOC(=O)/C=C/[C@H](CCC(N)=O)NC(=O)[C@H](Cc3ccccc3)NC(=O)c3ccc(-c4cc(OC)ccc4OC)[nH]3)c2)[nH]1. The smallest absolute Gasteiger partial charge is 0.330 e. The molecule has 80 heavy (non-hydrogen) atoms. The maximum Gasteiger partial charge on any atom is 0.330 e. The number of carbonyl (C=O) groups is 8. The van der Waals surface area contributed by atoms with Crippen molar-refractivity contribution in [2.45, 2.75) is 76.0 Å². The zero-order chi connectivity index (χ0) is 57.4. The molecule has 10 N–H and O–H groups in total. The number of primary amides is 2. The first-order valence-electron chi connectivity index (χ1n) is 25.7. The van der Waals surface area contributed by atoms with E-state index in [0.717, 1.165) is 23.3 Å². The summed E-state index contributed by atoms with van der Waals surface area (Å²) in [7, 11) is 3.07. The van der Waals surface area contributed by atoms with Gasteiger partial charge in [0.05, 0.1) is 27.4 Å². The molecular formula is C59H65N9O12. The van der Waals surface area contributed by atoms with Crippen molar-refractivity contribution in [1.82, 2.24) is 36.2 Å². The number of hydrogen-bond donors (Lipinski definition) is 8. The van der Waals surface area contributed by atoms with Crippen molar-refractivity contribution in [2.24, 2.45) is 11.5 Å². The number of pyridine rings is 1. The predicted octanol–water partition coefficient (Wildman–Crippen LogP) is 4.73. The average Bonchev–Trinajstić information content (AvgIpc) is 4.18. The lowest BCUT2D eigenvalue weighted by Crippen LogP contribution is -2.50. The van der Waals surface area contributed by atoms with Gasteiger partial charge in [0.2, 0.25) is 23.6 Å². The average molecular weight is 1090 g/mol. The summed E-state index contributed by atoms with van der Waals surface area (Å²) < 4.78 is 21.4. The first-order valence-corrected chi connectivity index (χ1v) is 25.7. The highest BCUT2D eigenvalue weighted by Crippen LogP contribution is 2.33. The standard InChI is InChI=1S/C59H65N9O12/c1-4-79-54(71)27-17-41(15-25-52(60)69)63-58(75)49(32-37-11-7-5-8-12-37)67-56(73)47-22-20-45(65-47)40-31-39(35-62-36-40)29-30-80-55(72)28-18-42(16-26-53(61)70)64-59(76)50(33-38-13-9-6-10-14-38)68-57(74)48-23-21-46(66-48)44-34-43(77-2)19-24-51(44)78-3/h5-14,17-24,27-28,31,34-36,41-42,49-50,65-66H,4,15-16,25-26,29-30,32-33H2,1-3H3,(H2,60,69)(H2,61,70)(H,63,75)(H,64,76)(H,67,73)(H,68,74)/b27-17+,28-18+/t41-,42-,49-,50-/m0/s1. The van der Waals surface area contributed by atoms with Gasteiger partial charge in [-0.3, -0.25) is 33.8 Å². The van der Waals surface area contributed by atoms with Gasteiger partial charge >= 0.3 is 11.9 Å². The summed E-state index contributed by atoms with van der Waals surface area (Å²) in [5, 5.41) is 11.3. The Morgan fingerprint density at radius 2 is 1.11 bits per heavy atom. The van der Waals surface area contributed by atoms with Crippen LogP contribution in [0.1, 0.15) is 70.3 Å². The Morgan fingerprint density at radius 1 is 0.588 bits per heavy atom. The largest absolute Gasteiger partial charge is 0.497 e. The van der Waals surface area contributed by atoms with Gasteiger partial charge in [-0.25, -0.2) is 9.59 Å². The molecule has 21 heteroatoms. The van der Waals surface area contributed by atoms with Crippen molar-refractivity contribution in [3.05, 3.63) is 174 Å². The quantitative estimate of drug-likeness (QED) is 0.0224. The van der Waals surface area contributed by atoms with E-state index in [1.54, 1.807) is 87.1 Å². The Hall–Kier alpha value is -9.79. The Morgan fingerprint density at radius 3 is 1.62 bits per heavy atom. The summed E-state index contributed by atoms with van der Waals surface area (Å²) in [6, 6.07) is 27.9. The van der Waals surface area contributed by atoms with E-state index in [0.29, 0.717) is 39.6 Å². The van der Waals surface area contributed by atoms with Gasteiger partial charge in [0, 0.05) is 91.2 Å². The molecule has 6 aromatic rings. The third-order valence-corrected chi connectivity index (χ3v) is 12.4. The topological polar surface area (TPSA) is 318 Å². The van der Waals surface area contributed by atoms with Gasteiger partial charge in [0.15, 0.2) is 0 Å². The maximum atomic E-state index is 14.0. The second-order valence-corrected chi connectivity index (χ2v) is 18.3. The van der Waals surface area contributed by atoms with Crippen LogP contribution >= 0.6 is 0 Å². The number of aromatic nitrogens is 3. The Bertz CT molecular complexity index is 3150. The van der Waals surface area contributed by atoms with Crippen LogP contribution in [0.25, 0.3) is 22.5 Å². The van der Waals surface area contributed by atoms with E-state index in [-0.39, 0.29) is 69.5 Å². The third-order valence-electron chi connectivity index (χ3n) is 12.4. The number of ether oxygens (including phenoxy) is 4. The number of nitrogens with one attached hydrogen (secondary N) is 6. The van der Waals surface area contributed by atoms with Gasteiger partial charge in [-0.1, -0.05) is 72.8 Å².